The van der Waals surface area contributed by atoms with Gasteiger partial charge in [-0.3, -0.25) is 4.79 Å². The molecule has 1 heteroatoms. The summed E-state index contributed by atoms with van der Waals surface area (Å²) in [6, 6.07) is 18.8. The smallest absolute Gasteiger partial charge is 0.182 e. The van der Waals surface area contributed by atoms with E-state index in [9.17, 15) is 4.79 Å². The van der Waals surface area contributed by atoms with Gasteiger partial charge in [0.15, 0.2) is 5.78 Å². The lowest BCUT2D eigenvalue weighted by atomic mass is 9.96. The van der Waals surface area contributed by atoms with E-state index in [1.165, 1.54) is 21.5 Å². The van der Waals surface area contributed by atoms with Crippen molar-refractivity contribution >= 4 is 33.4 Å². The molecule has 0 fully saturated rings. The highest BCUT2D eigenvalue weighted by molar-refractivity contribution is 6.11. The van der Waals surface area contributed by atoms with Crippen LogP contribution in [0.2, 0.25) is 0 Å². The summed E-state index contributed by atoms with van der Waals surface area (Å²) in [5, 5.41) is 4.74. The Morgan fingerprint density at radius 3 is 2.17 bits per heavy atom. The van der Waals surface area contributed by atoms with E-state index in [-0.39, 0.29) is 5.78 Å². The molecule has 0 saturated heterocycles. The Morgan fingerprint density at radius 1 is 0.913 bits per heavy atom. The summed E-state index contributed by atoms with van der Waals surface area (Å²) >= 11 is 0. The van der Waals surface area contributed by atoms with Gasteiger partial charge in [0.1, 0.15) is 0 Å². The molecular formula is C22H16O. The lowest BCUT2D eigenvalue weighted by molar-refractivity contribution is -0.111. The maximum Gasteiger partial charge on any atom is 0.182 e. The minimum Gasteiger partial charge on any atom is -0.290 e. The number of allylic oxidation sites excluding steroid dienone is 5. The maximum atomic E-state index is 12.3. The van der Waals surface area contributed by atoms with Crippen molar-refractivity contribution in [3.05, 3.63) is 90.0 Å². The molecule has 0 aromatic heterocycles. The van der Waals surface area contributed by atoms with E-state index >= 15 is 0 Å². The van der Waals surface area contributed by atoms with Gasteiger partial charge in [0, 0.05) is 5.57 Å². The molecule has 0 spiro atoms. The monoisotopic (exact) mass is 296 g/mol. The third kappa shape index (κ3) is 2.51. The molecule has 0 atom stereocenters. The number of carbonyl (C=O) groups is 1. The Kier molecular flexibility index (Phi) is 3.39. The minimum atomic E-state index is 0.0898. The van der Waals surface area contributed by atoms with Crippen molar-refractivity contribution in [2.45, 2.75) is 6.42 Å². The highest BCUT2D eigenvalue weighted by Gasteiger charge is 2.08. The summed E-state index contributed by atoms with van der Waals surface area (Å²) < 4.78 is 0. The summed E-state index contributed by atoms with van der Waals surface area (Å²) in [6.45, 7) is 0. The Morgan fingerprint density at radius 2 is 1.57 bits per heavy atom. The molecule has 3 aromatic rings. The lowest BCUT2D eigenvalue weighted by Crippen LogP contribution is -1.95. The van der Waals surface area contributed by atoms with Crippen LogP contribution in [0.5, 0.6) is 0 Å². The molecular weight excluding hydrogens is 280 g/mol. The second-order valence-electron chi connectivity index (χ2n) is 5.75. The van der Waals surface area contributed by atoms with Gasteiger partial charge >= 0.3 is 0 Å². The van der Waals surface area contributed by atoms with Crippen molar-refractivity contribution in [2.75, 3.05) is 0 Å². The lowest BCUT2D eigenvalue weighted by Gasteiger charge is -2.08. The first-order valence-electron chi connectivity index (χ1n) is 7.81. The SMILES string of the molecule is O=C(/C=C/c1c2ccccc2cc2ccccc12)C1=CC=CC1. The maximum absolute atomic E-state index is 12.3. The van der Waals surface area contributed by atoms with Crippen LogP contribution in [-0.4, -0.2) is 5.78 Å². The van der Waals surface area contributed by atoms with Crippen LogP contribution in [-0.2, 0) is 4.79 Å². The Balaban J connectivity index is 1.87. The normalized spacial score (nSPS) is 14.0. The number of rotatable bonds is 3. The van der Waals surface area contributed by atoms with Gasteiger partial charge in [-0.25, -0.2) is 0 Å². The zero-order valence-electron chi connectivity index (χ0n) is 12.7. The van der Waals surface area contributed by atoms with Gasteiger partial charge in [0.2, 0.25) is 0 Å². The number of carbonyl (C=O) groups excluding carboxylic acids is 1. The van der Waals surface area contributed by atoms with Crippen molar-refractivity contribution in [2.24, 2.45) is 0 Å². The summed E-state index contributed by atoms with van der Waals surface area (Å²) in [5.74, 6) is 0.0898. The second kappa shape index (κ2) is 5.69. The van der Waals surface area contributed by atoms with Crippen molar-refractivity contribution in [3.63, 3.8) is 0 Å². The molecule has 110 valence electrons. The first kappa shape index (κ1) is 13.7. The van der Waals surface area contributed by atoms with Gasteiger partial charge in [0.05, 0.1) is 0 Å². The van der Waals surface area contributed by atoms with E-state index in [1.807, 2.05) is 48.6 Å². The van der Waals surface area contributed by atoms with Crippen LogP contribution < -0.4 is 0 Å². The molecule has 1 aliphatic rings. The molecule has 0 aliphatic heterocycles. The summed E-state index contributed by atoms with van der Waals surface area (Å²) in [4.78, 5) is 12.3. The molecule has 0 radical (unpaired) electrons. The van der Waals surface area contributed by atoms with E-state index < -0.39 is 0 Å². The number of benzene rings is 3. The predicted molar refractivity (Wildman–Crippen MR) is 97.3 cm³/mol. The van der Waals surface area contributed by atoms with Gasteiger partial charge < -0.3 is 0 Å². The Hall–Kier alpha value is -2.93. The molecule has 1 aliphatic carbocycles. The van der Waals surface area contributed by atoms with E-state index in [2.05, 4.69) is 30.3 Å². The van der Waals surface area contributed by atoms with Gasteiger partial charge in [0.25, 0.3) is 0 Å². The first-order chi connectivity index (χ1) is 11.3. The fourth-order valence-electron chi connectivity index (χ4n) is 3.12. The Labute approximate surface area is 135 Å². The van der Waals surface area contributed by atoms with Crippen LogP contribution >= 0.6 is 0 Å². The molecule has 4 rings (SSSR count). The number of hydrogen-bond acceptors (Lipinski definition) is 1. The predicted octanol–water partition coefficient (Wildman–Crippen LogP) is 5.46. The van der Waals surface area contributed by atoms with E-state index in [0.717, 1.165) is 17.6 Å². The fraction of sp³-hybridized carbons (Fsp3) is 0.0455. The molecule has 0 bridgehead atoms. The van der Waals surface area contributed by atoms with Crippen LogP contribution in [0.25, 0.3) is 27.6 Å². The van der Waals surface area contributed by atoms with Crippen LogP contribution in [0.1, 0.15) is 12.0 Å². The third-order valence-corrected chi connectivity index (χ3v) is 4.30. The largest absolute Gasteiger partial charge is 0.290 e. The fourth-order valence-corrected chi connectivity index (χ4v) is 3.12. The van der Waals surface area contributed by atoms with E-state index in [0.29, 0.717) is 0 Å². The van der Waals surface area contributed by atoms with Crippen LogP contribution in [0.15, 0.2) is 84.5 Å². The van der Waals surface area contributed by atoms with Crippen LogP contribution in [0.3, 0.4) is 0 Å². The Bertz CT molecular complexity index is 949. The van der Waals surface area contributed by atoms with Gasteiger partial charge in [-0.05, 0) is 51.7 Å². The van der Waals surface area contributed by atoms with Crippen molar-refractivity contribution in [3.8, 4) is 0 Å². The van der Waals surface area contributed by atoms with Gasteiger partial charge in [-0.1, -0.05) is 66.8 Å². The average Bonchev–Trinajstić information content (AvgIpc) is 3.13. The summed E-state index contributed by atoms with van der Waals surface area (Å²) in [7, 11) is 0. The summed E-state index contributed by atoms with van der Waals surface area (Å²) in [6.07, 6.45) is 10.2. The van der Waals surface area contributed by atoms with Crippen LogP contribution in [0, 0.1) is 0 Å². The van der Waals surface area contributed by atoms with Crippen molar-refractivity contribution < 1.29 is 4.79 Å². The molecule has 0 heterocycles. The first-order valence-corrected chi connectivity index (χ1v) is 7.81. The molecule has 0 amide bonds. The highest BCUT2D eigenvalue weighted by atomic mass is 16.1. The standard InChI is InChI=1S/C22H16O/c23-22(16-7-1-2-8-16)14-13-21-19-11-5-3-9-17(19)15-18-10-4-6-12-20(18)21/h1-7,9-15H,8H2/b14-13+. The quantitative estimate of drug-likeness (QED) is 0.463. The van der Waals surface area contributed by atoms with Gasteiger partial charge in [-0.15, -0.1) is 0 Å². The van der Waals surface area contributed by atoms with E-state index in [4.69, 9.17) is 0 Å². The second-order valence-corrected chi connectivity index (χ2v) is 5.75. The zero-order valence-corrected chi connectivity index (χ0v) is 12.7. The number of hydrogen-bond donors (Lipinski definition) is 0. The molecule has 0 saturated carbocycles. The van der Waals surface area contributed by atoms with E-state index in [1.54, 1.807) is 6.08 Å². The minimum absolute atomic E-state index is 0.0898. The number of fused-ring (bicyclic) bond motifs is 2. The molecule has 0 N–H and O–H groups in total. The summed E-state index contributed by atoms with van der Waals surface area (Å²) in [5.41, 5.74) is 1.96. The van der Waals surface area contributed by atoms with Crippen LogP contribution in [0.4, 0.5) is 0 Å². The zero-order chi connectivity index (χ0) is 15.6. The molecule has 1 nitrogen and oxygen atoms in total. The third-order valence-electron chi connectivity index (χ3n) is 4.30. The number of ketones is 1. The molecule has 3 aromatic carbocycles. The van der Waals surface area contributed by atoms with Gasteiger partial charge in [-0.2, -0.15) is 0 Å². The molecule has 23 heavy (non-hydrogen) atoms. The highest BCUT2D eigenvalue weighted by Crippen LogP contribution is 2.29. The van der Waals surface area contributed by atoms with Crippen molar-refractivity contribution in [1.82, 2.24) is 0 Å². The average molecular weight is 296 g/mol. The van der Waals surface area contributed by atoms with Crippen molar-refractivity contribution in [1.29, 1.82) is 0 Å². The molecule has 0 unspecified atom stereocenters. The topological polar surface area (TPSA) is 17.1 Å².